The molecule has 0 heterocycles. The third-order valence-corrected chi connectivity index (χ3v) is 5.20. The molecule has 1 aliphatic carbocycles. The first-order chi connectivity index (χ1) is 14.3. The number of nitrogens with two attached hydrogens (primary N) is 1. The van der Waals surface area contributed by atoms with E-state index in [4.69, 9.17) is 10.5 Å². The van der Waals surface area contributed by atoms with Gasteiger partial charge in [-0.25, -0.2) is 4.79 Å². The van der Waals surface area contributed by atoms with Crippen LogP contribution in [0.25, 0.3) is 17.2 Å². The van der Waals surface area contributed by atoms with E-state index < -0.39 is 6.09 Å². The molecule has 4 nitrogen and oxygen atoms in total. The number of benzene rings is 3. The van der Waals surface area contributed by atoms with E-state index in [2.05, 4.69) is 29.6 Å². The van der Waals surface area contributed by atoms with Gasteiger partial charge in [0.2, 0.25) is 0 Å². The molecule has 0 atom stereocenters. The minimum Gasteiger partial charge on any atom is -0.449 e. The topological polar surface area (TPSA) is 64.3 Å². The molecule has 0 aromatic heterocycles. The van der Waals surface area contributed by atoms with Crippen LogP contribution < -0.4 is 11.1 Å². The smallest absolute Gasteiger partial charge is 0.407 e. The molecule has 29 heavy (non-hydrogen) atoms. The van der Waals surface area contributed by atoms with Crippen LogP contribution in [-0.2, 0) is 11.3 Å². The van der Waals surface area contributed by atoms with Gasteiger partial charge in [-0.2, -0.15) is 0 Å². The normalized spacial score (nSPS) is 12.6. The Hall–Kier alpha value is -3.37. The van der Waals surface area contributed by atoms with Crippen molar-refractivity contribution in [3.05, 3.63) is 101 Å². The number of carbonyl (C=O) groups is 1. The molecule has 0 unspecified atom stereocenters. The van der Waals surface area contributed by atoms with Crippen molar-refractivity contribution in [1.29, 1.82) is 0 Å². The molecule has 146 valence electrons. The monoisotopic (exact) mass is 384 g/mol. The molecule has 0 saturated carbocycles. The molecule has 4 heteroatoms. The molecule has 0 aliphatic heterocycles. The summed E-state index contributed by atoms with van der Waals surface area (Å²) in [6.45, 7) is 1.24. The van der Waals surface area contributed by atoms with Crippen LogP contribution in [0.4, 0.5) is 4.79 Å². The Bertz CT molecular complexity index is 997. The quantitative estimate of drug-likeness (QED) is 0.648. The number of amides is 1. The molecule has 3 aromatic rings. The lowest BCUT2D eigenvalue weighted by atomic mass is 9.98. The van der Waals surface area contributed by atoms with Gasteiger partial charge in [0, 0.05) is 19.0 Å². The lowest BCUT2D eigenvalue weighted by Crippen LogP contribution is -2.26. The first-order valence-corrected chi connectivity index (χ1v) is 9.80. The fourth-order valence-electron chi connectivity index (χ4n) is 3.81. The van der Waals surface area contributed by atoms with Gasteiger partial charge in [-0.05, 0) is 33.4 Å². The Morgan fingerprint density at radius 2 is 1.66 bits per heavy atom. The van der Waals surface area contributed by atoms with Gasteiger partial charge in [0.15, 0.2) is 0 Å². The number of nitrogens with one attached hydrogen (secondary N) is 1. The summed E-state index contributed by atoms with van der Waals surface area (Å²) in [6, 6.07) is 24.6. The molecule has 0 saturated heterocycles. The van der Waals surface area contributed by atoms with Gasteiger partial charge >= 0.3 is 6.09 Å². The van der Waals surface area contributed by atoms with Crippen LogP contribution in [0.15, 0.2) is 78.9 Å². The zero-order chi connectivity index (χ0) is 20.1. The predicted molar refractivity (Wildman–Crippen MR) is 116 cm³/mol. The van der Waals surface area contributed by atoms with Crippen LogP contribution in [0, 0.1) is 0 Å². The Morgan fingerprint density at radius 1 is 0.966 bits per heavy atom. The van der Waals surface area contributed by atoms with Crippen LogP contribution in [-0.4, -0.2) is 19.2 Å². The van der Waals surface area contributed by atoms with E-state index >= 15 is 0 Å². The van der Waals surface area contributed by atoms with Gasteiger partial charge in [-0.15, -0.1) is 0 Å². The number of rotatable bonds is 6. The van der Waals surface area contributed by atoms with Crippen molar-refractivity contribution >= 4 is 12.2 Å². The lowest BCUT2D eigenvalue weighted by molar-refractivity contribution is 0.144. The summed E-state index contributed by atoms with van der Waals surface area (Å²) in [5, 5.41) is 2.78. The van der Waals surface area contributed by atoms with Crippen molar-refractivity contribution in [2.45, 2.75) is 12.5 Å². The average molecular weight is 384 g/mol. The van der Waals surface area contributed by atoms with Crippen molar-refractivity contribution in [2.75, 3.05) is 13.2 Å². The highest BCUT2D eigenvalue weighted by Crippen LogP contribution is 2.44. The summed E-state index contributed by atoms with van der Waals surface area (Å²) in [5.41, 5.74) is 12.7. The van der Waals surface area contributed by atoms with Crippen LogP contribution in [0.1, 0.15) is 28.2 Å². The summed E-state index contributed by atoms with van der Waals surface area (Å²) in [5.74, 6) is 0.0719. The van der Waals surface area contributed by atoms with E-state index in [1.807, 2.05) is 60.7 Å². The first kappa shape index (κ1) is 19.0. The molecule has 1 amide bonds. The van der Waals surface area contributed by atoms with Gasteiger partial charge in [0.25, 0.3) is 0 Å². The molecule has 4 rings (SSSR count). The summed E-state index contributed by atoms with van der Waals surface area (Å²) in [7, 11) is 0. The van der Waals surface area contributed by atoms with Gasteiger partial charge in [-0.1, -0.05) is 84.9 Å². The van der Waals surface area contributed by atoms with Crippen molar-refractivity contribution < 1.29 is 9.53 Å². The highest BCUT2D eigenvalue weighted by Gasteiger charge is 2.28. The molecular weight excluding hydrogens is 360 g/mol. The molecule has 3 N–H and O–H groups in total. The fourth-order valence-corrected chi connectivity index (χ4v) is 3.81. The Morgan fingerprint density at radius 3 is 2.34 bits per heavy atom. The SMILES string of the molecule is NCc1cccc(C=CCNC(=O)OCC2c3ccccc3-c3ccccc32)c1. The molecule has 0 bridgehead atoms. The lowest BCUT2D eigenvalue weighted by Gasteiger charge is -2.14. The second-order valence-corrected chi connectivity index (χ2v) is 7.06. The number of hydrogen-bond acceptors (Lipinski definition) is 3. The third-order valence-electron chi connectivity index (χ3n) is 5.20. The third kappa shape index (κ3) is 4.23. The minimum absolute atomic E-state index is 0.0719. The van der Waals surface area contributed by atoms with E-state index in [1.165, 1.54) is 22.3 Å². The number of hydrogen-bond donors (Lipinski definition) is 2. The summed E-state index contributed by atoms with van der Waals surface area (Å²) >= 11 is 0. The second-order valence-electron chi connectivity index (χ2n) is 7.06. The second kappa shape index (κ2) is 8.76. The van der Waals surface area contributed by atoms with E-state index in [1.54, 1.807) is 0 Å². The Kier molecular flexibility index (Phi) is 5.73. The zero-order valence-electron chi connectivity index (χ0n) is 16.2. The number of fused-ring (bicyclic) bond motifs is 3. The average Bonchev–Trinajstić information content (AvgIpc) is 3.09. The minimum atomic E-state index is -0.410. The van der Waals surface area contributed by atoms with Gasteiger partial charge in [-0.3, -0.25) is 0 Å². The Balaban J connectivity index is 1.32. The van der Waals surface area contributed by atoms with Crippen LogP contribution >= 0.6 is 0 Å². The number of carbonyl (C=O) groups excluding carboxylic acids is 1. The van der Waals surface area contributed by atoms with Gasteiger partial charge < -0.3 is 15.8 Å². The van der Waals surface area contributed by atoms with Gasteiger partial charge in [0.05, 0.1) is 0 Å². The zero-order valence-corrected chi connectivity index (χ0v) is 16.2. The van der Waals surface area contributed by atoms with E-state index in [-0.39, 0.29) is 5.92 Å². The maximum absolute atomic E-state index is 12.2. The molecule has 0 radical (unpaired) electrons. The van der Waals surface area contributed by atoms with Gasteiger partial charge in [0.1, 0.15) is 6.61 Å². The van der Waals surface area contributed by atoms with Crippen molar-refractivity contribution in [2.24, 2.45) is 5.73 Å². The summed E-state index contributed by atoms with van der Waals surface area (Å²) < 4.78 is 5.53. The standard InChI is InChI=1S/C25H24N2O2/c26-16-19-8-5-7-18(15-19)9-6-14-27-25(28)29-17-24-22-12-3-1-10-20(22)21-11-2-4-13-23(21)24/h1-13,15,24H,14,16-17,26H2,(H,27,28). The molecule has 0 spiro atoms. The highest BCUT2D eigenvalue weighted by atomic mass is 16.5. The summed E-state index contributed by atoms with van der Waals surface area (Å²) in [6.07, 6.45) is 3.45. The molecule has 0 fully saturated rings. The van der Waals surface area contributed by atoms with Crippen molar-refractivity contribution in [3.63, 3.8) is 0 Å². The van der Waals surface area contributed by atoms with E-state index in [0.717, 1.165) is 11.1 Å². The highest BCUT2D eigenvalue weighted by molar-refractivity contribution is 5.79. The van der Waals surface area contributed by atoms with Crippen molar-refractivity contribution in [1.82, 2.24) is 5.32 Å². The van der Waals surface area contributed by atoms with Crippen LogP contribution in [0.3, 0.4) is 0 Å². The van der Waals surface area contributed by atoms with Crippen LogP contribution in [0.5, 0.6) is 0 Å². The van der Waals surface area contributed by atoms with E-state index in [0.29, 0.717) is 19.7 Å². The number of ether oxygens (including phenoxy) is 1. The molecule has 1 aliphatic rings. The molecular formula is C25H24N2O2. The van der Waals surface area contributed by atoms with Crippen molar-refractivity contribution in [3.8, 4) is 11.1 Å². The fraction of sp³-hybridized carbons (Fsp3) is 0.160. The maximum Gasteiger partial charge on any atom is 0.407 e. The van der Waals surface area contributed by atoms with E-state index in [9.17, 15) is 4.79 Å². The largest absolute Gasteiger partial charge is 0.449 e. The maximum atomic E-state index is 12.2. The summed E-state index contributed by atoms with van der Waals surface area (Å²) in [4.78, 5) is 12.2. The molecule has 3 aromatic carbocycles. The predicted octanol–water partition coefficient (Wildman–Crippen LogP) is 4.70. The van der Waals surface area contributed by atoms with Crippen LogP contribution in [0.2, 0.25) is 0 Å². The Labute approximate surface area is 171 Å². The number of alkyl carbamates (subject to hydrolysis) is 1. The first-order valence-electron chi connectivity index (χ1n) is 9.80.